The molecule has 1 aliphatic rings. The SMILES string of the molecule is NC(=NCCNc1cnccn1)N1CCSCC1. The number of aromatic nitrogens is 2. The number of anilines is 1. The molecule has 7 heteroatoms. The fourth-order valence-electron chi connectivity index (χ4n) is 1.64. The number of hydrogen-bond donors (Lipinski definition) is 2. The first kappa shape index (κ1) is 12.9. The summed E-state index contributed by atoms with van der Waals surface area (Å²) in [5.41, 5.74) is 5.94. The van der Waals surface area contributed by atoms with E-state index in [-0.39, 0.29) is 0 Å². The number of nitrogens with one attached hydrogen (secondary N) is 1. The van der Waals surface area contributed by atoms with Crippen LogP contribution >= 0.6 is 11.8 Å². The molecule has 0 amide bonds. The predicted octanol–water partition coefficient (Wildman–Crippen LogP) is 0.252. The van der Waals surface area contributed by atoms with Crippen molar-refractivity contribution in [1.29, 1.82) is 0 Å². The normalized spacial score (nSPS) is 16.7. The van der Waals surface area contributed by atoms with E-state index >= 15 is 0 Å². The van der Waals surface area contributed by atoms with Gasteiger partial charge in [-0.25, -0.2) is 4.98 Å². The number of hydrogen-bond acceptors (Lipinski definition) is 5. The number of thioether (sulfide) groups is 1. The van der Waals surface area contributed by atoms with Crippen molar-refractivity contribution in [3.8, 4) is 0 Å². The van der Waals surface area contributed by atoms with Crippen LogP contribution in [0.25, 0.3) is 0 Å². The molecule has 1 saturated heterocycles. The minimum absolute atomic E-state index is 0.645. The molecule has 1 aromatic heterocycles. The summed E-state index contributed by atoms with van der Waals surface area (Å²) >= 11 is 1.96. The van der Waals surface area contributed by atoms with Crippen LogP contribution in [0.3, 0.4) is 0 Å². The van der Waals surface area contributed by atoms with E-state index in [0.717, 1.165) is 30.4 Å². The van der Waals surface area contributed by atoms with Gasteiger partial charge in [0.05, 0.1) is 12.7 Å². The Bertz CT molecular complexity index is 376. The molecule has 1 aliphatic heterocycles. The molecule has 2 heterocycles. The zero-order valence-electron chi connectivity index (χ0n) is 10.2. The van der Waals surface area contributed by atoms with Crippen LogP contribution in [0.4, 0.5) is 5.82 Å². The number of aliphatic imine (C=N–C) groups is 1. The van der Waals surface area contributed by atoms with Crippen LogP contribution in [0, 0.1) is 0 Å². The summed E-state index contributed by atoms with van der Waals surface area (Å²) in [6, 6.07) is 0. The maximum atomic E-state index is 5.94. The molecule has 0 spiro atoms. The Morgan fingerprint density at radius 1 is 1.44 bits per heavy atom. The van der Waals surface area contributed by atoms with E-state index in [9.17, 15) is 0 Å². The molecule has 0 aliphatic carbocycles. The molecule has 1 fully saturated rings. The maximum absolute atomic E-state index is 5.94. The Kier molecular flexibility index (Phi) is 5.07. The van der Waals surface area contributed by atoms with Crippen LogP contribution in [0.5, 0.6) is 0 Å². The lowest BCUT2D eigenvalue weighted by molar-refractivity contribution is 0.456. The fraction of sp³-hybridized carbons (Fsp3) is 0.545. The van der Waals surface area contributed by atoms with Crippen molar-refractivity contribution < 1.29 is 0 Å². The Morgan fingerprint density at radius 2 is 2.28 bits per heavy atom. The summed E-state index contributed by atoms with van der Waals surface area (Å²) in [4.78, 5) is 14.6. The molecule has 2 rings (SSSR count). The molecule has 98 valence electrons. The van der Waals surface area contributed by atoms with E-state index in [1.54, 1.807) is 18.6 Å². The predicted molar refractivity (Wildman–Crippen MR) is 75.9 cm³/mol. The quantitative estimate of drug-likeness (QED) is 0.462. The van der Waals surface area contributed by atoms with Crippen LogP contribution in [-0.4, -0.2) is 58.5 Å². The third kappa shape index (κ3) is 4.06. The van der Waals surface area contributed by atoms with Gasteiger partial charge in [-0.1, -0.05) is 0 Å². The van der Waals surface area contributed by atoms with Crippen LogP contribution in [0.15, 0.2) is 23.6 Å². The zero-order valence-corrected chi connectivity index (χ0v) is 11.1. The van der Waals surface area contributed by atoms with Gasteiger partial charge in [0.1, 0.15) is 5.82 Å². The highest BCUT2D eigenvalue weighted by Gasteiger charge is 2.11. The third-order valence-electron chi connectivity index (χ3n) is 2.59. The average Bonchev–Trinajstić information content (AvgIpc) is 2.45. The number of guanidine groups is 1. The van der Waals surface area contributed by atoms with Crippen molar-refractivity contribution in [2.24, 2.45) is 10.7 Å². The van der Waals surface area contributed by atoms with Crippen molar-refractivity contribution in [2.45, 2.75) is 0 Å². The lowest BCUT2D eigenvalue weighted by Crippen LogP contribution is -2.42. The van der Waals surface area contributed by atoms with E-state index in [0.29, 0.717) is 19.0 Å². The largest absolute Gasteiger partial charge is 0.370 e. The number of rotatable bonds is 4. The lowest BCUT2D eigenvalue weighted by atomic mass is 10.5. The second kappa shape index (κ2) is 7.05. The molecule has 3 N–H and O–H groups in total. The summed E-state index contributed by atoms with van der Waals surface area (Å²) < 4.78 is 0. The van der Waals surface area contributed by atoms with E-state index in [4.69, 9.17) is 5.73 Å². The van der Waals surface area contributed by atoms with Crippen molar-refractivity contribution in [3.63, 3.8) is 0 Å². The van der Waals surface area contributed by atoms with Gasteiger partial charge in [0.2, 0.25) is 0 Å². The second-order valence-corrected chi connectivity index (χ2v) is 5.08. The molecule has 0 atom stereocenters. The highest BCUT2D eigenvalue weighted by molar-refractivity contribution is 7.99. The minimum Gasteiger partial charge on any atom is -0.370 e. The Labute approximate surface area is 111 Å². The summed E-state index contributed by atoms with van der Waals surface area (Å²) in [6.45, 7) is 3.35. The van der Waals surface area contributed by atoms with E-state index in [1.165, 1.54) is 0 Å². The first-order valence-electron chi connectivity index (χ1n) is 5.99. The second-order valence-electron chi connectivity index (χ2n) is 3.86. The highest BCUT2D eigenvalue weighted by Crippen LogP contribution is 2.08. The van der Waals surface area contributed by atoms with Gasteiger partial charge < -0.3 is 16.0 Å². The van der Waals surface area contributed by atoms with Gasteiger partial charge in [-0.2, -0.15) is 11.8 Å². The molecule has 1 aromatic rings. The monoisotopic (exact) mass is 266 g/mol. The number of nitrogens with two attached hydrogens (primary N) is 1. The van der Waals surface area contributed by atoms with Crippen molar-refractivity contribution >= 4 is 23.5 Å². The van der Waals surface area contributed by atoms with Crippen LogP contribution in [0.1, 0.15) is 0 Å². The fourth-order valence-corrected chi connectivity index (χ4v) is 2.54. The molecule has 6 nitrogen and oxygen atoms in total. The standard InChI is InChI=1S/C11H18N6S/c12-11(17-5-7-18-8-6-17)16-4-3-15-10-9-13-1-2-14-10/h1-2,9H,3-8H2,(H2,12,16)(H,14,15). The molecule has 0 radical (unpaired) electrons. The summed E-state index contributed by atoms with van der Waals surface area (Å²) in [5.74, 6) is 3.68. The molecular weight excluding hydrogens is 248 g/mol. The zero-order chi connectivity index (χ0) is 12.6. The van der Waals surface area contributed by atoms with E-state index in [1.807, 2.05) is 11.8 Å². The van der Waals surface area contributed by atoms with Gasteiger partial charge in [0.15, 0.2) is 5.96 Å². The third-order valence-corrected chi connectivity index (χ3v) is 3.53. The van der Waals surface area contributed by atoms with Crippen molar-refractivity contribution in [3.05, 3.63) is 18.6 Å². The Balaban J connectivity index is 1.70. The van der Waals surface area contributed by atoms with Crippen LogP contribution < -0.4 is 11.1 Å². The molecule has 0 bridgehead atoms. The first-order valence-corrected chi connectivity index (χ1v) is 7.14. The first-order chi connectivity index (χ1) is 8.86. The molecule has 18 heavy (non-hydrogen) atoms. The maximum Gasteiger partial charge on any atom is 0.191 e. The van der Waals surface area contributed by atoms with Gasteiger partial charge in [0, 0.05) is 43.5 Å². The summed E-state index contributed by atoms with van der Waals surface area (Å²) in [6.07, 6.45) is 5.00. The summed E-state index contributed by atoms with van der Waals surface area (Å²) in [7, 11) is 0. The van der Waals surface area contributed by atoms with Gasteiger partial charge in [-0.3, -0.25) is 9.98 Å². The van der Waals surface area contributed by atoms with Crippen molar-refractivity contribution in [2.75, 3.05) is 43.0 Å². The highest BCUT2D eigenvalue weighted by atomic mass is 32.2. The molecule has 0 saturated carbocycles. The Hall–Kier alpha value is -1.50. The Morgan fingerprint density at radius 3 is 3.00 bits per heavy atom. The molecule has 0 unspecified atom stereocenters. The van der Waals surface area contributed by atoms with E-state index < -0.39 is 0 Å². The van der Waals surface area contributed by atoms with E-state index in [2.05, 4.69) is 25.2 Å². The van der Waals surface area contributed by atoms with Crippen LogP contribution in [0.2, 0.25) is 0 Å². The smallest absolute Gasteiger partial charge is 0.191 e. The van der Waals surface area contributed by atoms with Gasteiger partial charge in [0.25, 0.3) is 0 Å². The van der Waals surface area contributed by atoms with Crippen LogP contribution in [-0.2, 0) is 0 Å². The average molecular weight is 266 g/mol. The number of nitrogens with zero attached hydrogens (tertiary/aromatic N) is 4. The minimum atomic E-state index is 0.645. The molecule has 0 aromatic carbocycles. The van der Waals surface area contributed by atoms with Crippen molar-refractivity contribution in [1.82, 2.24) is 14.9 Å². The molecular formula is C11H18N6S. The lowest BCUT2D eigenvalue weighted by Gasteiger charge is -2.27. The summed E-state index contributed by atoms with van der Waals surface area (Å²) in [5, 5.41) is 3.14. The topological polar surface area (TPSA) is 79.4 Å². The van der Waals surface area contributed by atoms with Gasteiger partial charge in [-0.15, -0.1) is 0 Å². The van der Waals surface area contributed by atoms with Gasteiger partial charge in [-0.05, 0) is 0 Å². The van der Waals surface area contributed by atoms with Gasteiger partial charge >= 0.3 is 0 Å².